The first kappa shape index (κ1) is 26.4. The Morgan fingerprint density at radius 1 is 1.15 bits per heavy atom. The summed E-state index contributed by atoms with van der Waals surface area (Å²) in [6.45, 7) is 3.92. The Bertz CT molecular complexity index is 1560. The Kier molecular flexibility index (Phi) is 6.87. The number of ether oxygens (including phenoxy) is 1. The number of halogens is 3. The number of nitrogens with one attached hydrogen (secondary N) is 1. The zero-order chi connectivity index (χ0) is 27.9. The van der Waals surface area contributed by atoms with Crippen molar-refractivity contribution in [3.63, 3.8) is 0 Å². The number of hydrogen-bond acceptors (Lipinski definition) is 7. The van der Waals surface area contributed by atoms with Gasteiger partial charge in [-0.2, -0.15) is 18.3 Å². The minimum absolute atomic E-state index is 0.198. The lowest BCUT2D eigenvalue weighted by molar-refractivity contribution is -0.140. The molecule has 0 saturated heterocycles. The highest BCUT2D eigenvalue weighted by molar-refractivity contribution is 5.71. The van der Waals surface area contributed by atoms with E-state index in [0.717, 1.165) is 30.3 Å². The molecule has 3 aromatic heterocycles. The Labute approximate surface area is 222 Å². The molecule has 39 heavy (non-hydrogen) atoms. The highest BCUT2D eigenvalue weighted by atomic mass is 19.4. The molecule has 0 aliphatic heterocycles. The molecule has 1 aliphatic carbocycles. The molecule has 0 atom stereocenters. The molecule has 5 rings (SSSR count). The predicted octanol–water partition coefficient (Wildman–Crippen LogP) is 5.20. The lowest BCUT2D eigenvalue weighted by atomic mass is 10.1. The zero-order valence-corrected chi connectivity index (χ0v) is 22.0. The number of methoxy groups -OCH3 is 1. The monoisotopic (exact) mass is 539 g/mol. The van der Waals surface area contributed by atoms with Crippen molar-refractivity contribution in [2.24, 2.45) is 7.05 Å². The van der Waals surface area contributed by atoms with Crippen molar-refractivity contribution < 1.29 is 17.9 Å². The Balaban J connectivity index is 1.40. The second kappa shape index (κ2) is 10.2. The van der Waals surface area contributed by atoms with Crippen LogP contribution in [0.2, 0.25) is 0 Å². The predicted molar refractivity (Wildman–Crippen MR) is 139 cm³/mol. The number of hydrogen-bond donors (Lipinski definition) is 1. The summed E-state index contributed by atoms with van der Waals surface area (Å²) < 4.78 is 48.0. The van der Waals surface area contributed by atoms with Gasteiger partial charge in [0.2, 0.25) is 5.88 Å². The summed E-state index contributed by atoms with van der Waals surface area (Å²) in [7, 11) is 3.11. The summed E-state index contributed by atoms with van der Waals surface area (Å²) in [6.07, 6.45) is 0.0273. The third-order valence-corrected chi connectivity index (χ3v) is 6.59. The normalized spacial score (nSPS) is 13.6. The molecule has 0 radical (unpaired) electrons. The Morgan fingerprint density at radius 3 is 2.49 bits per heavy atom. The van der Waals surface area contributed by atoms with Crippen LogP contribution in [0.1, 0.15) is 55.6 Å². The molecule has 12 heteroatoms. The number of aromatic nitrogens is 6. The van der Waals surface area contributed by atoms with Gasteiger partial charge in [0.1, 0.15) is 23.5 Å². The van der Waals surface area contributed by atoms with Gasteiger partial charge < -0.3 is 14.6 Å². The van der Waals surface area contributed by atoms with Crippen molar-refractivity contribution in [2.75, 3.05) is 12.4 Å². The van der Waals surface area contributed by atoms with Crippen LogP contribution in [0.4, 0.5) is 18.9 Å². The molecule has 0 spiro atoms. The van der Waals surface area contributed by atoms with Gasteiger partial charge in [-0.05, 0) is 38.3 Å². The van der Waals surface area contributed by atoms with Crippen LogP contribution in [0.15, 0.2) is 47.7 Å². The van der Waals surface area contributed by atoms with Crippen LogP contribution >= 0.6 is 0 Å². The summed E-state index contributed by atoms with van der Waals surface area (Å²) in [4.78, 5) is 25.4. The summed E-state index contributed by atoms with van der Waals surface area (Å²) in [5.74, 6) is 0.951. The first-order valence-corrected chi connectivity index (χ1v) is 12.5. The molecule has 204 valence electrons. The van der Waals surface area contributed by atoms with E-state index in [9.17, 15) is 18.0 Å². The van der Waals surface area contributed by atoms with Gasteiger partial charge in [-0.25, -0.2) is 19.6 Å². The third kappa shape index (κ3) is 5.36. The lowest BCUT2D eigenvalue weighted by Gasteiger charge is -2.14. The van der Waals surface area contributed by atoms with E-state index in [-0.39, 0.29) is 17.4 Å². The molecule has 0 amide bonds. The van der Waals surface area contributed by atoms with E-state index in [1.165, 1.54) is 22.7 Å². The summed E-state index contributed by atoms with van der Waals surface area (Å²) in [5, 5.41) is 7.61. The summed E-state index contributed by atoms with van der Waals surface area (Å²) in [6, 6.07) is 8.50. The van der Waals surface area contributed by atoms with Crippen molar-refractivity contribution in [1.82, 2.24) is 29.3 Å². The van der Waals surface area contributed by atoms with Crippen LogP contribution in [-0.4, -0.2) is 36.4 Å². The first-order valence-electron chi connectivity index (χ1n) is 12.5. The van der Waals surface area contributed by atoms with Gasteiger partial charge in [-0.15, -0.1) is 0 Å². The molecule has 1 N–H and O–H groups in total. The standard InChI is InChI=1S/C27H28F3N7O2/c1-15(2)37-13-21(27(28,29)30)34-24(37)18-7-5-16(6-8-18)12-31-20-11-19(35-36(3)26(20)38)22-23(17-9-10-17)32-14-33-25(22)39-4/h5-8,11,13-15,17,31H,9-10,12H2,1-4H3. The second-order valence-corrected chi connectivity index (χ2v) is 9.79. The lowest BCUT2D eigenvalue weighted by Crippen LogP contribution is -2.24. The van der Waals surface area contributed by atoms with Gasteiger partial charge in [0.25, 0.3) is 5.56 Å². The SMILES string of the molecule is COc1ncnc(C2CC2)c1-c1cc(NCc2ccc(-c3nc(C(F)(F)F)cn3C(C)C)cc2)c(=O)n(C)n1. The number of alkyl halides is 3. The zero-order valence-electron chi connectivity index (χ0n) is 22.0. The first-order chi connectivity index (χ1) is 18.6. The van der Waals surface area contributed by atoms with Crippen molar-refractivity contribution in [3.05, 3.63) is 70.2 Å². The molecule has 4 aromatic rings. The highest BCUT2D eigenvalue weighted by Gasteiger charge is 2.35. The maximum atomic E-state index is 13.3. The van der Waals surface area contributed by atoms with Crippen molar-refractivity contribution in [1.29, 1.82) is 0 Å². The smallest absolute Gasteiger partial charge is 0.434 e. The molecular weight excluding hydrogens is 511 g/mol. The largest absolute Gasteiger partial charge is 0.480 e. The fraction of sp³-hybridized carbons (Fsp3) is 0.370. The Morgan fingerprint density at radius 2 is 1.87 bits per heavy atom. The van der Waals surface area contributed by atoms with E-state index in [1.807, 2.05) is 0 Å². The number of benzene rings is 1. The van der Waals surface area contributed by atoms with Gasteiger partial charge >= 0.3 is 6.18 Å². The minimum Gasteiger partial charge on any atom is -0.480 e. The number of anilines is 1. The molecular formula is C27H28F3N7O2. The molecule has 1 saturated carbocycles. The number of imidazole rings is 1. The number of aryl methyl sites for hydroxylation is 1. The molecule has 0 bridgehead atoms. The fourth-order valence-electron chi connectivity index (χ4n) is 4.41. The molecule has 3 heterocycles. The number of nitrogens with zero attached hydrogens (tertiary/aromatic N) is 6. The van der Waals surface area contributed by atoms with E-state index in [4.69, 9.17) is 4.74 Å². The Hall–Kier alpha value is -4.22. The average molecular weight is 540 g/mol. The van der Waals surface area contributed by atoms with Crippen LogP contribution < -0.4 is 15.6 Å². The maximum Gasteiger partial charge on any atom is 0.434 e. The van der Waals surface area contributed by atoms with E-state index in [0.29, 0.717) is 40.9 Å². The topological polar surface area (TPSA) is 99.8 Å². The summed E-state index contributed by atoms with van der Waals surface area (Å²) in [5.41, 5.74) is 2.54. The maximum absolute atomic E-state index is 13.3. The van der Waals surface area contributed by atoms with E-state index in [2.05, 4.69) is 25.4 Å². The second-order valence-electron chi connectivity index (χ2n) is 9.79. The van der Waals surface area contributed by atoms with E-state index < -0.39 is 11.9 Å². The minimum atomic E-state index is -4.52. The molecule has 1 fully saturated rings. The highest BCUT2D eigenvalue weighted by Crippen LogP contribution is 2.45. The van der Waals surface area contributed by atoms with Crippen LogP contribution in [0, 0.1) is 0 Å². The molecule has 9 nitrogen and oxygen atoms in total. The molecule has 1 aliphatic rings. The van der Waals surface area contributed by atoms with Crippen molar-refractivity contribution in [3.8, 4) is 28.5 Å². The van der Waals surface area contributed by atoms with Crippen molar-refractivity contribution in [2.45, 2.75) is 51.4 Å². The van der Waals surface area contributed by atoms with Crippen LogP contribution in [0.5, 0.6) is 5.88 Å². The van der Waals surface area contributed by atoms with Crippen LogP contribution in [-0.2, 0) is 19.8 Å². The fourth-order valence-corrected chi connectivity index (χ4v) is 4.41. The van der Waals surface area contributed by atoms with Gasteiger partial charge in [0.05, 0.1) is 18.4 Å². The van der Waals surface area contributed by atoms with Gasteiger partial charge in [-0.3, -0.25) is 4.79 Å². The van der Waals surface area contributed by atoms with E-state index >= 15 is 0 Å². The quantitative estimate of drug-likeness (QED) is 0.329. The number of rotatable bonds is 8. The van der Waals surface area contributed by atoms with E-state index in [1.54, 1.807) is 51.2 Å². The average Bonchev–Trinajstić information content (AvgIpc) is 3.65. The van der Waals surface area contributed by atoms with Crippen LogP contribution in [0.25, 0.3) is 22.6 Å². The van der Waals surface area contributed by atoms with Gasteiger partial charge in [-0.1, -0.05) is 24.3 Å². The third-order valence-electron chi connectivity index (χ3n) is 6.59. The summed E-state index contributed by atoms with van der Waals surface area (Å²) >= 11 is 0. The van der Waals surface area contributed by atoms with Crippen LogP contribution in [0.3, 0.4) is 0 Å². The molecule has 0 unspecified atom stereocenters. The van der Waals surface area contributed by atoms with Gasteiger partial charge in [0.15, 0.2) is 5.69 Å². The molecule has 1 aromatic carbocycles. The van der Waals surface area contributed by atoms with Crippen molar-refractivity contribution >= 4 is 5.69 Å². The van der Waals surface area contributed by atoms with Gasteiger partial charge in [0, 0.05) is 37.3 Å².